The molecule has 0 bridgehead atoms. The summed E-state index contributed by atoms with van der Waals surface area (Å²) in [6, 6.07) is 17.3. The molecule has 2 N–H and O–H groups in total. The number of amides is 1. The van der Waals surface area contributed by atoms with E-state index in [-0.39, 0.29) is 33.4 Å². The monoisotopic (exact) mass is 753 g/mol. The van der Waals surface area contributed by atoms with E-state index in [0.29, 0.717) is 27.9 Å². The number of ether oxygens (including phenoxy) is 2. The minimum absolute atomic E-state index is 0.0669. The molecule has 4 aromatic rings. The van der Waals surface area contributed by atoms with Crippen molar-refractivity contribution in [3.05, 3.63) is 116 Å². The molecule has 0 radical (unpaired) electrons. The van der Waals surface area contributed by atoms with Gasteiger partial charge in [-0.2, -0.15) is 23.7 Å². The van der Waals surface area contributed by atoms with Gasteiger partial charge in [-0.25, -0.2) is 17.2 Å². The van der Waals surface area contributed by atoms with E-state index in [0.717, 1.165) is 24.3 Å². The maximum Gasteiger partial charge on any atom is 0.501 e. The van der Waals surface area contributed by atoms with E-state index in [4.69, 9.17) is 37.3 Å². The number of halogens is 7. The predicted octanol–water partition coefficient (Wildman–Crippen LogP) is 8.50. The van der Waals surface area contributed by atoms with Gasteiger partial charge in [-0.1, -0.05) is 17.7 Å². The van der Waals surface area contributed by atoms with E-state index in [9.17, 15) is 35.2 Å². The number of nitriles is 2. The highest BCUT2D eigenvalue weighted by Crippen LogP contribution is 2.38. The maximum atomic E-state index is 13.6. The van der Waals surface area contributed by atoms with Crippen LogP contribution in [0, 0.1) is 41.2 Å². The Hall–Kier alpha value is -4.96. The fourth-order valence-corrected chi connectivity index (χ4v) is 5.38. The molecule has 0 spiro atoms. The maximum absolute atomic E-state index is 13.6. The smallest absolute Gasteiger partial charge is 0.457 e. The van der Waals surface area contributed by atoms with E-state index in [1.54, 1.807) is 24.3 Å². The van der Waals surface area contributed by atoms with Gasteiger partial charge in [-0.3, -0.25) is 4.79 Å². The Morgan fingerprint density at radius 3 is 2.13 bits per heavy atom. The van der Waals surface area contributed by atoms with Crippen LogP contribution in [0.4, 0.5) is 22.0 Å². The Bertz CT molecular complexity index is 2060. The standard InChI is InChI=1S/C18H12F4N2O4S.C13H6BrClFNO/c1-10-14(2-5-17(24)25)16(29(26,27)18(20,21)22)4-3-15(10)28-13-7-11(9-23)6-12(19)8-13;14-13-8(7-17)2-1-3-12(13)18-11-5-9(15)4-10(16)6-11/h2-8H,1H3,(H2,24,25);1-6H/b5-2+;. The fourth-order valence-electron chi connectivity index (χ4n) is 3.73. The third-order valence-corrected chi connectivity index (χ3v) is 8.39. The topological polar surface area (TPSA) is 143 Å². The molecule has 4 aromatic carbocycles. The number of primary amides is 1. The van der Waals surface area contributed by atoms with Gasteiger partial charge in [0, 0.05) is 34.4 Å². The number of nitrogens with zero attached hydrogens (tertiary/aromatic N) is 2. The average Bonchev–Trinajstić information content (AvgIpc) is 2.97. The SMILES string of the molecule is Cc1c(Oc2cc(F)cc(C#N)c2)ccc(S(=O)(=O)C(F)(F)F)c1/C=C/C(N)=O.N#Cc1cccc(Oc2cc(F)cc(Cl)c2)c1Br. The van der Waals surface area contributed by atoms with Crippen LogP contribution in [-0.2, 0) is 14.6 Å². The third kappa shape index (κ3) is 9.29. The molecular formula is C31H18BrClF5N3O5S. The summed E-state index contributed by atoms with van der Waals surface area (Å²) in [4.78, 5) is 9.88. The number of carbonyl (C=O) groups is 1. The van der Waals surface area contributed by atoms with Crippen molar-refractivity contribution in [1.82, 2.24) is 0 Å². The number of hydrogen-bond donors (Lipinski definition) is 1. The highest BCUT2D eigenvalue weighted by Gasteiger charge is 2.48. The van der Waals surface area contributed by atoms with Crippen molar-refractivity contribution in [3.63, 3.8) is 0 Å². The molecule has 0 aromatic heterocycles. The van der Waals surface area contributed by atoms with Crippen LogP contribution in [-0.4, -0.2) is 19.8 Å². The highest BCUT2D eigenvalue weighted by atomic mass is 79.9. The van der Waals surface area contributed by atoms with Crippen LogP contribution in [0.3, 0.4) is 0 Å². The normalized spacial score (nSPS) is 11.2. The number of hydrogen-bond acceptors (Lipinski definition) is 7. The van der Waals surface area contributed by atoms with E-state index in [2.05, 4.69) is 15.9 Å². The van der Waals surface area contributed by atoms with E-state index in [1.165, 1.54) is 31.2 Å². The first-order chi connectivity index (χ1) is 22.0. The molecular weight excluding hydrogens is 737 g/mol. The zero-order chi connectivity index (χ0) is 35.1. The Balaban J connectivity index is 0.000000284. The van der Waals surface area contributed by atoms with Crippen molar-refractivity contribution in [2.45, 2.75) is 17.3 Å². The number of sulfone groups is 1. The molecule has 0 saturated heterocycles. The first kappa shape index (κ1) is 36.5. The van der Waals surface area contributed by atoms with Gasteiger partial charge in [0.2, 0.25) is 5.91 Å². The number of carbonyl (C=O) groups excluding carboxylic acids is 1. The Labute approximate surface area is 278 Å². The second-order valence-electron chi connectivity index (χ2n) is 9.11. The van der Waals surface area contributed by atoms with E-state index in [1.807, 2.05) is 6.07 Å². The van der Waals surface area contributed by atoms with Crippen molar-refractivity contribution in [2.24, 2.45) is 5.73 Å². The van der Waals surface area contributed by atoms with Crippen LogP contribution < -0.4 is 15.2 Å². The van der Waals surface area contributed by atoms with Crippen molar-refractivity contribution in [2.75, 3.05) is 0 Å². The third-order valence-electron chi connectivity index (χ3n) is 5.81. The summed E-state index contributed by atoms with van der Waals surface area (Å²) in [7, 11) is -5.75. The molecule has 4 rings (SSSR count). The zero-order valence-electron chi connectivity index (χ0n) is 23.6. The molecule has 0 aliphatic carbocycles. The number of nitrogens with two attached hydrogens (primary N) is 1. The quantitative estimate of drug-likeness (QED) is 0.147. The summed E-state index contributed by atoms with van der Waals surface area (Å²) >= 11 is 8.99. The number of rotatable bonds is 7. The predicted molar refractivity (Wildman–Crippen MR) is 164 cm³/mol. The first-order valence-electron chi connectivity index (χ1n) is 12.6. The van der Waals surface area contributed by atoms with Crippen LogP contribution in [0.25, 0.3) is 6.08 Å². The molecule has 0 atom stereocenters. The van der Waals surface area contributed by atoms with Gasteiger partial charge in [-0.15, -0.1) is 0 Å². The zero-order valence-corrected chi connectivity index (χ0v) is 26.7. The largest absolute Gasteiger partial charge is 0.501 e. The Morgan fingerprint density at radius 1 is 0.936 bits per heavy atom. The van der Waals surface area contributed by atoms with E-state index >= 15 is 0 Å². The average molecular weight is 755 g/mol. The molecule has 1 amide bonds. The van der Waals surface area contributed by atoms with Crippen molar-refractivity contribution < 1.29 is 44.6 Å². The minimum Gasteiger partial charge on any atom is -0.457 e. The Morgan fingerprint density at radius 2 is 1.55 bits per heavy atom. The van der Waals surface area contributed by atoms with Crippen LogP contribution in [0.2, 0.25) is 5.02 Å². The minimum atomic E-state index is -5.75. The lowest BCUT2D eigenvalue weighted by Gasteiger charge is -2.16. The van der Waals surface area contributed by atoms with Crippen LogP contribution in [0.15, 0.2) is 82.2 Å². The van der Waals surface area contributed by atoms with Crippen molar-refractivity contribution >= 4 is 49.4 Å². The molecule has 0 heterocycles. The summed E-state index contributed by atoms with van der Waals surface area (Å²) in [6.45, 7) is 1.25. The van der Waals surface area contributed by atoms with Gasteiger partial charge in [0.1, 0.15) is 40.7 Å². The van der Waals surface area contributed by atoms with Gasteiger partial charge in [0.15, 0.2) is 0 Å². The second-order valence-corrected chi connectivity index (χ2v) is 12.3. The molecule has 0 saturated carbocycles. The van der Waals surface area contributed by atoms with Crippen LogP contribution in [0.5, 0.6) is 23.0 Å². The fraction of sp³-hybridized carbons (Fsp3) is 0.0645. The lowest BCUT2D eigenvalue weighted by molar-refractivity contribution is -0.113. The second kappa shape index (κ2) is 15.1. The molecule has 242 valence electrons. The molecule has 16 heteroatoms. The number of benzene rings is 4. The van der Waals surface area contributed by atoms with Crippen molar-refractivity contribution in [3.8, 4) is 35.1 Å². The lowest BCUT2D eigenvalue weighted by atomic mass is 10.1. The summed E-state index contributed by atoms with van der Waals surface area (Å²) in [6.07, 6.45) is 1.51. The van der Waals surface area contributed by atoms with Gasteiger partial charge in [0.25, 0.3) is 9.84 Å². The Kier molecular flexibility index (Phi) is 11.7. The summed E-state index contributed by atoms with van der Waals surface area (Å²) < 4.78 is 101. The summed E-state index contributed by atoms with van der Waals surface area (Å²) in [5.41, 5.74) is -0.828. The van der Waals surface area contributed by atoms with Crippen molar-refractivity contribution in [1.29, 1.82) is 10.5 Å². The van der Waals surface area contributed by atoms with Crippen LogP contribution >= 0.6 is 27.5 Å². The summed E-state index contributed by atoms with van der Waals surface area (Å²) in [5, 5.41) is 18.0. The molecule has 47 heavy (non-hydrogen) atoms. The summed E-state index contributed by atoms with van der Waals surface area (Å²) in [5.74, 6) is -1.85. The van der Waals surface area contributed by atoms with Gasteiger partial charge < -0.3 is 15.2 Å². The van der Waals surface area contributed by atoms with E-state index < -0.39 is 43.3 Å². The van der Waals surface area contributed by atoms with Gasteiger partial charge in [0.05, 0.1) is 26.6 Å². The molecule has 0 unspecified atom stereocenters. The number of alkyl halides is 3. The van der Waals surface area contributed by atoms with Crippen LogP contribution in [0.1, 0.15) is 22.3 Å². The van der Waals surface area contributed by atoms with Gasteiger partial charge >= 0.3 is 5.51 Å². The molecule has 0 fully saturated rings. The highest BCUT2D eigenvalue weighted by molar-refractivity contribution is 9.10. The first-order valence-corrected chi connectivity index (χ1v) is 15.3. The van der Waals surface area contributed by atoms with Gasteiger partial charge in [-0.05, 0) is 77.5 Å². The lowest BCUT2D eigenvalue weighted by Crippen LogP contribution is -2.24. The molecule has 8 nitrogen and oxygen atoms in total. The molecule has 0 aliphatic heterocycles. The molecule has 0 aliphatic rings.